The number of ether oxygens (including phenoxy) is 1. The van der Waals surface area contributed by atoms with Crippen LogP contribution in [0.3, 0.4) is 0 Å². The molecular weight excluding hydrogens is 393 g/mol. The van der Waals surface area contributed by atoms with E-state index in [0.717, 1.165) is 10.6 Å². The minimum atomic E-state index is -4.53. The number of nitrogen functional groups attached to an aromatic ring is 1. The summed E-state index contributed by atoms with van der Waals surface area (Å²) in [5.41, 5.74) is 2.87. The van der Waals surface area contributed by atoms with Crippen LogP contribution >= 0.6 is 0 Å². The Morgan fingerprint density at radius 2 is 1.93 bits per heavy atom. The molecule has 0 saturated heterocycles. The fourth-order valence-corrected chi connectivity index (χ4v) is 2.87. The number of nitrogens with two attached hydrogens (primary N) is 1. The maximum Gasteiger partial charge on any atom is 0.416 e. The maximum absolute atomic E-state index is 13.1. The lowest BCUT2D eigenvalue weighted by molar-refractivity contribution is -0.138. The number of hydrogen-bond donors (Lipinski definition) is 2. The highest BCUT2D eigenvalue weighted by Gasteiger charge is 2.33. The maximum atomic E-state index is 13.1. The number of carbonyl (C=O) groups is 1. The number of halogens is 3. The molecule has 0 saturated carbocycles. The van der Waals surface area contributed by atoms with Gasteiger partial charge in [-0.1, -0.05) is 18.2 Å². The Bertz CT molecular complexity index is 998. The molecule has 29 heavy (non-hydrogen) atoms. The third-order valence-corrected chi connectivity index (χ3v) is 4.21. The van der Waals surface area contributed by atoms with Gasteiger partial charge in [0.15, 0.2) is 5.78 Å². The first-order chi connectivity index (χ1) is 13.6. The van der Waals surface area contributed by atoms with Gasteiger partial charge in [-0.3, -0.25) is 24.0 Å². The van der Waals surface area contributed by atoms with E-state index in [-0.39, 0.29) is 37.6 Å². The molecule has 3 N–H and O–H groups in total. The molecule has 0 unspecified atom stereocenters. The SMILES string of the molecule is COCCn1c(N)c(C(=O)CN(C)Cc2ccccc2C(F)(F)F)c(=O)[nH]c1=O. The summed E-state index contributed by atoms with van der Waals surface area (Å²) in [7, 11) is 2.85. The van der Waals surface area contributed by atoms with Crippen LogP contribution in [0.25, 0.3) is 0 Å². The molecule has 2 rings (SSSR count). The van der Waals surface area contributed by atoms with Crippen LogP contribution < -0.4 is 17.0 Å². The molecule has 0 spiro atoms. The Hall–Kier alpha value is -2.92. The number of Topliss-reactive ketones (excluding diaryl/α,β-unsaturated/α-hetero) is 1. The van der Waals surface area contributed by atoms with Gasteiger partial charge < -0.3 is 10.5 Å². The number of nitrogens with one attached hydrogen (secondary N) is 1. The van der Waals surface area contributed by atoms with Crippen molar-refractivity contribution in [2.75, 3.05) is 33.0 Å². The van der Waals surface area contributed by atoms with Gasteiger partial charge in [0.1, 0.15) is 11.4 Å². The third kappa shape index (κ3) is 5.33. The zero-order chi connectivity index (χ0) is 21.8. The van der Waals surface area contributed by atoms with Crippen LogP contribution in [0.2, 0.25) is 0 Å². The number of ketones is 1. The smallest absolute Gasteiger partial charge is 0.384 e. The fraction of sp³-hybridized carbons (Fsp3) is 0.389. The van der Waals surface area contributed by atoms with E-state index in [1.54, 1.807) is 0 Å². The number of benzene rings is 1. The number of aromatic nitrogens is 2. The van der Waals surface area contributed by atoms with E-state index in [1.165, 1.54) is 37.3 Å². The highest BCUT2D eigenvalue weighted by atomic mass is 19.4. The summed E-state index contributed by atoms with van der Waals surface area (Å²) in [6, 6.07) is 5.02. The number of alkyl halides is 3. The third-order valence-electron chi connectivity index (χ3n) is 4.21. The minimum absolute atomic E-state index is 0.0118. The number of anilines is 1. The molecule has 0 amide bonds. The Kier molecular flexibility index (Phi) is 6.98. The monoisotopic (exact) mass is 414 g/mol. The number of rotatable bonds is 8. The predicted molar refractivity (Wildman–Crippen MR) is 99.7 cm³/mol. The lowest BCUT2D eigenvalue weighted by atomic mass is 10.1. The van der Waals surface area contributed by atoms with Gasteiger partial charge in [0.25, 0.3) is 5.56 Å². The van der Waals surface area contributed by atoms with Gasteiger partial charge in [-0.15, -0.1) is 0 Å². The largest absolute Gasteiger partial charge is 0.416 e. The molecule has 0 atom stereocenters. The molecule has 11 heteroatoms. The van der Waals surface area contributed by atoms with E-state index >= 15 is 0 Å². The van der Waals surface area contributed by atoms with E-state index in [1.807, 2.05) is 4.98 Å². The quantitative estimate of drug-likeness (QED) is 0.626. The number of likely N-dealkylation sites (N-methyl/N-ethyl adjacent to an activating group) is 1. The highest BCUT2D eigenvalue weighted by Crippen LogP contribution is 2.32. The van der Waals surface area contributed by atoms with Crippen molar-refractivity contribution in [2.45, 2.75) is 19.3 Å². The first-order valence-corrected chi connectivity index (χ1v) is 8.54. The van der Waals surface area contributed by atoms with Crippen molar-refractivity contribution >= 4 is 11.6 Å². The summed E-state index contributed by atoms with van der Waals surface area (Å²) in [6.45, 7) is -0.407. The van der Waals surface area contributed by atoms with Crippen LogP contribution in [0.4, 0.5) is 19.0 Å². The number of methoxy groups -OCH3 is 1. The molecule has 1 aromatic heterocycles. The second kappa shape index (κ2) is 9.05. The van der Waals surface area contributed by atoms with Gasteiger partial charge in [-0.05, 0) is 18.7 Å². The predicted octanol–water partition coefficient (Wildman–Crippen LogP) is 1.10. The van der Waals surface area contributed by atoms with Crippen molar-refractivity contribution in [3.05, 3.63) is 61.8 Å². The van der Waals surface area contributed by atoms with Gasteiger partial charge in [0, 0.05) is 13.7 Å². The van der Waals surface area contributed by atoms with Gasteiger partial charge in [0.05, 0.1) is 25.3 Å². The Labute approximate surface area is 163 Å². The average molecular weight is 414 g/mol. The highest BCUT2D eigenvalue weighted by molar-refractivity contribution is 6.01. The minimum Gasteiger partial charge on any atom is -0.384 e. The molecule has 0 fully saturated rings. The number of nitrogens with zero attached hydrogens (tertiary/aromatic N) is 2. The summed E-state index contributed by atoms with van der Waals surface area (Å²) in [4.78, 5) is 39.9. The molecule has 2 aromatic rings. The molecule has 0 aliphatic rings. The summed E-state index contributed by atoms with van der Waals surface area (Å²) >= 11 is 0. The molecule has 0 bridgehead atoms. The van der Waals surface area contributed by atoms with Crippen LogP contribution in [0, 0.1) is 0 Å². The number of carbonyl (C=O) groups excluding carboxylic acids is 1. The lowest BCUT2D eigenvalue weighted by Crippen LogP contribution is -2.39. The standard InChI is InChI=1S/C18H21F3N4O4/c1-24(9-11-5-3-4-6-12(11)18(19,20)21)10-13(26)14-15(22)25(7-8-29-2)17(28)23-16(14)27/h3-6H,7-10,22H2,1-2H3,(H,23,27,28). The Morgan fingerprint density at radius 1 is 1.28 bits per heavy atom. The second-order valence-corrected chi connectivity index (χ2v) is 6.41. The summed E-state index contributed by atoms with van der Waals surface area (Å²) in [5, 5.41) is 0. The van der Waals surface area contributed by atoms with Crippen LogP contribution in [-0.2, 0) is 24.0 Å². The first kappa shape index (κ1) is 22.4. The van der Waals surface area contributed by atoms with E-state index in [2.05, 4.69) is 0 Å². The van der Waals surface area contributed by atoms with Crippen LogP contribution in [0.15, 0.2) is 33.9 Å². The number of H-pyrrole nitrogens is 1. The number of hydrogen-bond acceptors (Lipinski definition) is 6. The fourth-order valence-electron chi connectivity index (χ4n) is 2.87. The van der Waals surface area contributed by atoms with E-state index in [4.69, 9.17) is 10.5 Å². The van der Waals surface area contributed by atoms with Crippen molar-refractivity contribution in [2.24, 2.45) is 0 Å². The zero-order valence-electron chi connectivity index (χ0n) is 15.9. The summed E-state index contributed by atoms with van der Waals surface area (Å²) in [6.07, 6.45) is -4.53. The molecule has 0 aliphatic heterocycles. The van der Waals surface area contributed by atoms with E-state index in [9.17, 15) is 27.6 Å². The van der Waals surface area contributed by atoms with E-state index < -0.39 is 34.3 Å². The number of aromatic amines is 1. The van der Waals surface area contributed by atoms with Crippen molar-refractivity contribution in [3.8, 4) is 0 Å². The molecule has 1 aromatic carbocycles. The van der Waals surface area contributed by atoms with Crippen molar-refractivity contribution in [3.63, 3.8) is 0 Å². The van der Waals surface area contributed by atoms with Crippen LogP contribution in [-0.4, -0.2) is 47.5 Å². The molecule has 1 heterocycles. The summed E-state index contributed by atoms with van der Waals surface area (Å²) < 4.78 is 45.2. The van der Waals surface area contributed by atoms with Crippen LogP contribution in [0.5, 0.6) is 0 Å². The van der Waals surface area contributed by atoms with Crippen molar-refractivity contribution < 1.29 is 22.7 Å². The van der Waals surface area contributed by atoms with Crippen molar-refractivity contribution in [1.29, 1.82) is 0 Å². The second-order valence-electron chi connectivity index (χ2n) is 6.41. The van der Waals surface area contributed by atoms with Crippen LogP contribution in [0.1, 0.15) is 21.5 Å². The normalized spacial score (nSPS) is 11.8. The first-order valence-electron chi connectivity index (χ1n) is 8.54. The zero-order valence-corrected chi connectivity index (χ0v) is 15.9. The topological polar surface area (TPSA) is 110 Å². The molecular formula is C18H21F3N4O4. The van der Waals surface area contributed by atoms with Gasteiger partial charge in [-0.25, -0.2) is 4.79 Å². The van der Waals surface area contributed by atoms with Gasteiger partial charge in [-0.2, -0.15) is 13.2 Å². The Morgan fingerprint density at radius 3 is 2.55 bits per heavy atom. The molecule has 0 aliphatic carbocycles. The van der Waals surface area contributed by atoms with Gasteiger partial charge in [0.2, 0.25) is 0 Å². The van der Waals surface area contributed by atoms with Crippen molar-refractivity contribution in [1.82, 2.24) is 14.5 Å². The average Bonchev–Trinajstić information content (AvgIpc) is 2.60. The lowest BCUT2D eigenvalue weighted by Gasteiger charge is -2.19. The molecule has 158 valence electrons. The summed E-state index contributed by atoms with van der Waals surface area (Å²) in [5.74, 6) is -1.04. The Balaban J connectivity index is 2.25. The molecule has 0 radical (unpaired) electrons. The molecule has 8 nitrogen and oxygen atoms in total. The van der Waals surface area contributed by atoms with Gasteiger partial charge >= 0.3 is 11.9 Å². The van der Waals surface area contributed by atoms with E-state index in [0.29, 0.717) is 0 Å².